The van der Waals surface area contributed by atoms with Crippen molar-refractivity contribution < 1.29 is 8.78 Å². The van der Waals surface area contributed by atoms with E-state index in [1.54, 1.807) is 41.6 Å². The Hall–Kier alpha value is -3.71. The van der Waals surface area contributed by atoms with Gasteiger partial charge in [-0.15, -0.1) is 11.3 Å². The number of thioether (sulfide) groups is 1. The summed E-state index contributed by atoms with van der Waals surface area (Å²) in [6, 6.07) is 23.3. The molecule has 3 aromatic carbocycles. The summed E-state index contributed by atoms with van der Waals surface area (Å²) in [5.41, 5.74) is 3.63. The summed E-state index contributed by atoms with van der Waals surface area (Å²) in [7, 11) is 0. The van der Waals surface area contributed by atoms with E-state index in [0.29, 0.717) is 18.8 Å². The number of thiazole rings is 1. The molecule has 0 aliphatic carbocycles. The summed E-state index contributed by atoms with van der Waals surface area (Å²) >= 11 is 4.93. The molecule has 0 bridgehead atoms. The van der Waals surface area contributed by atoms with Gasteiger partial charge in [0, 0.05) is 66.7 Å². The second-order valence-electron chi connectivity index (χ2n) is 11.5. The number of nitrogens with zero attached hydrogens (tertiary/aromatic N) is 5. The fraction of sp³-hybridized carbons (Fsp3) is 0.286. The first-order chi connectivity index (χ1) is 22.9. The molecule has 2 N–H and O–H groups in total. The van der Waals surface area contributed by atoms with Crippen LogP contribution in [0.25, 0.3) is 21.8 Å². The first-order valence-corrected chi connectivity index (χ1v) is 18.6. The highest BCUT2D eigenvalue weighted by Crippen LogP contribution is 2.40. The summed E-state index contributed by atoms with van der Waals surface area (Å²) in [6.45, 7) is 8.20. The van der Waals surface area contributed by atoms with Crippen LogP contribution in [0.3, 0.4) is 0 Å². The average Bonchev–Trinajstić information content (AvgIpc) is 3.56. The number of anilines is 4. The number of piperazine rings is 1. The second kappa shape index (κ2) is 15.5. The third kappa shape index (κ3) is 8.06. The van der Waals surface area contributed by atoms with Gasteiger partial charge in [-0.3, -0.25) is 4.90 Å². The Morgan fingerprint density at radius 3 is 2.49 bits per heavy atom. The van der Waals surface area contributed by atoms with Crippen LogP contribution in [0.15, 0.2) is 83.9 Å². The lowest BCUT2D eigenvalue weighted by Gasteiger charge is -2.36. The Morgan fingerprint density at radius 2 is 1.72 bits per heavy atom. The Balaban J connectivity index is 1.22. The van der Waals surface area contributed by atoms with E-state index in [0.717, 1.165) is 57.1 Å². The first kappa shape index (κ1) is 33.2. The van der Waals surface area contributed by atoms with Crippen molar-refractivity contribution in [1.82, 2.24) is 19.9 Å². The Labute approximate surface area is 287 Å². The van der Waals surface area contributed by atoms with Gasteiger partial charge in [-0.1, -0.05) is 44.2 Å². The van der Waals surface area contributed by atoms with Gasteiger partial charge >= 0.3 is 0 Å². The maximum atomic E-state index is 15.4. The highest BCUT2D eigenvalue weighted by molar-refractivity contribution is 8.00. The van der Waals surface area contributed by atoms with Crippen molar-refractivity contribution in [3.8, 4) is 21.8 Å². The van der Waals surface area contributed by atoms with Gasteiger partial charge in [0.2, 0.25) is 5.95 Å². The van der Waals surface area contributed by atoms with E-state index in [1.165, 1.54) is 0 Å². The molecule has 3 heterocycles. The SMILES string of the molecule is CSCCN1CCN(c2ccc(Nc3nccc(-c4sc(C(C)C)nc4-c4cccc(NSc5ccccc5)c4)n3)c(F)c2F)CC1. The molecule has 5 aromatic rings. The molecule has 1 aliphatic heterocycles. The molecule has 0 saturated carbocycles. The minimum absolute atomic E-state index is 0.0101. The van der Waals surface area contributed by atoms with E-state index in [4.69, 9.17) is 9.97 Å². The van der Waals surface area contributed by atoms with Crippen molar-refractivity contribution in [1.29, 1.82) is 0 Å². The number of hydrogen-bond donors (Lipinski definition) is 2. The molecule has 1 fully saturated rings. The van der Waals surface area contributed by atoms with Gasteiger partial charge < -0.3 is 14.9 Å². The molecule has 0 radical (unpaired) electrons. The summed E-state index contributed by atoms with van der Waals surface area (Å²) in [5.74, 6) is -0.352. The molecule has 6 rings (SSSR count). The molecule has 244 valence electrons. The van der Waals surface area contributed by atoms with Gasteiger partial charge in [0.1, 0.15) is 0 Å². The van der Waals surface area contributed by atoms with E-state index in [-0.39, 0.29) is 23.2 Å². The Morgan fingerprint density at radius 1 is 0.915 bits per heavy atom. The zero-order valence-electron chi connectivity index (χ0n) is 26.5. The van der Waals surface area contributed by atoms with Gasteiger partial charge in [-0.2, -0.15) is 11.8 Å². The van der Waals surface area contributed by atoms with Crippen LogP contribution < -0.4 is 14.9 Å². The minimum Gasteiger partial charge on any atom is -0.367 e. The molecular weight excluding hydrogens is 653 g/mol. The molecule has 0 spiro atoms. The Kier molecular flexibility index (Phi) is 10.9. The smallest absolute Gasteiger partial charge is 0.227 e. The minimum atomic E-state index is -0.945. The summed E-state index contributed by atoms with van der Waals surface area (Å²) in [5, 5.41) is 3.90. The third-order valence-corrected chi connectivity index (χ3v) is 10.6. The van der Waals surface area contributed by atoms with Crippen LogP contribution in [0.1, 0.15) is 24.8 Å². The fourth-order valence-corrected chi connectivity index (χ4v) is 7.42. The molecule has 1 aliphatic rings. The molecule has 0 unspecified atom stereocenters. The van der Waals surface area contributed by atoms with Crippen LogP contribution >= 0.6 is 35.0 Å². The largest absolute Gasteiger partial charge is 0.367 e. The first-order valence-electron chi connectivity index (χ1n) is 15.5. The van der Waals surface area contributed by atoms with Crippen molar-refractivity contribution in [2.75, 3.05) is 59.7 Å². The molecule has 0 amide bonds. The topological polar surface area (TPSA) is 69.2 Å². The van der Waals surface area contributed by atoms with E-state index in [9.17, 15) is 0 Å². The molecule has 1 saturated heterocycles. The molecule has 12 heteroatoms. The number of rotatable bonds is 12. The maximum absolute atomic E-state index is 15.4. The van der Waals surface area contributed by atoms with Crippen molar-refractivity contribution >= 4 is 58.1 Å². The van der Waals surface area contributed by atoms with Crippen LogP contribution in [-0.4, -0.2) is 64.6 Å². The van der Waals surface area contributed by atoms with Gasteiger partial charge in [0.15, 0.2) is 11.6 Å². The van der Waals surface area contributed by atoms with Crippen molar-refractivity contribution in [3.63, 3.8) is 0 Å². The quantitative estimate of drug-likeness (QED) is 0.125. The lowest BCUT2D eigenvalue weighted by Crippen LogP contribution is -2.47. The number of aromatic nitrogens is 3. The van der Waals surface area contributed by atoms with Crippen molar-refractivity contribution in [3.05, 3.63) is 95.6 Å². The lowest BCUT2D eigenvalue weighted by atomic mass is 10.1. The standard InChI is InChI=1S/C35H37F2N7S3/c1-23(2)34-41-32(24-8-7-9-25(22-24)42-47-26-10-5-4-6-11-26)33(46-34)28-14-15-38-35(40-28)39-27-12-13-29(31(37)30(27)36)44-18-16-43(17-19-44)20-21-45-3/h4-15,22-23,42H,16-21H2,1-3H3,(H,38,39,40). The van der Waals surface area contributed by atoms with Crippen LogP contribution in [0.4, 0.5) is 31.8 Å². The molecular formula is C35H37F2N7S3. The fourth-order valence-electron chi connectivity index (χ4n) is 5.27. The van der Waals surface area contributed by atoms with Gasteiger partial charge in [-0.25, -0.2) is 23.7 Å². The van der Waals surface area contributed by atoms with Gasteiger partial charge in [0.25, 0.3) is 0 Å². The number of nitrogens with one attached hydrogen (secondary N) is 2. The number of halogens is 2. The van der Waals surface area contributed by atoms with Crippen LogP contribution in [0.5, 0.6) is 0 Å². The number of hydrogen-bond acceptors (Lipinski definition) is 10. The van der Waals surface area contributed by atoms with Crippen LogP contribution in [0.2, 0.25) is 0 Å². The van der Waals surface area contributed by atoms with Gasteiger partial charge in [0.05, 0.1) is 32.6 Å². The molecule has 7 nitrogen and oxygen atoms in total. The molecule has 0 atom stereocenters. The van der Waals surface area contributed by atoms with E-state index >= 15 is 8.78 Å². The molecule has 47 heavy (non-hydrogen) atoms. The maximum Gasteiger partial charge on any atom is 0.227 e. The van der Waals surface area contributed by atoms with Crippen LogP contribution in [0, 0.1) is 11.6 Å². The summed E-state index contributed by atoms with van der Waals surface area (Å²) in [6.07, 6.45) is 3.72. The van der Waals surface area contributed by atoms with E-state index in [1.807, 2.05) is 59.1 Å². The van der Waals surface area contributed by atoms with E-state index in [2.05, 4.69) is 58.2 Å². The highest BCUT2D eigenvalue weighted by atomic mass is 32.2. The monoisotopic (exact) mass is 689 g/mol. The van der Waals surface area contributed by atoms with Crippen LogP contribution in [-0.2, 0) is 0 Å². The van der Waals surface area contributed by atoms with Crippen molar-refractivity contribution in [2.45, 2.75) is 24.7 Å². The zero-order chi connectivity index (χ0) is 32.8. The Bertz CT molecular complexity index is 1790. The second-order valence-corrected chi connectivity index (χ2v) is 14.4. The lowest BCUT2D eigenvalue weighted by molar-refractivity contribution is 0.272. The summed E-state index contributed by atoms with van der Waals surface area (Å²) in [4.78, 5) is 20.3. The highest BCUT2D eigenvalue weighted by Gasteiger charge is 2.23. The van der Waals surface area contributed by atoms with E-state index < -0.39 is 11.6 Å². The normalized spacial score (nSPS) is 13.7. The third-order valence-electron chi connectivity index (χ3n) is 7.82. The number of benzene rings is 3. The zero-order valence-corrected chi connectivity index (χ0v) is 29.0. The van der Waals surface area contributed by atoms with Gasteiger partial charge in [-0.05, 0) is 60.7 Å². The van der Waals surface area contributed by atoms with Crippen molar-refractivity contribution in [2.24, 2.45) is 0 Å². The predicted octanol–water partition coefficient (Wildman–Crippen LogP) is 9.02. The predicted molar refractivity (Wildman–Crippen MR) is 195 cm³/mol. The average molecular weight is 690 g/mol. The summed E-state index contributed by atoms with van der Waals surface area (Å²) < 4.78 is 34.2. The molecule has 2 aromatic heterocycles.